The first-order valence-corrected chi connectivity index (χ1v) is 8.13. The van der Waals surface area contributed by atoms with Crippen LogP contribution in [0.15, 0.2) is 77.6 Å². The van der Waals surface area contributed by atoms with Gasteiger partial charge in [0.05, 0.1) is 15.8 Å². The highest BCUT2D eigenvalue weighted by molar-refractivity contribution is 7.14. The van der Waals surface area contributed by atoms with Gasteiger partial charge in [0.1, 0.15) is 17.3 Å². The van der Waals surface area contributed by atoms with E-state index in [4.69, 9.17) is 4.74 Å². The molecule has 5 heteroatoms. The second-order valence-electron chi connectivity index (χ2n) is 5.24. The van der Waals surface area contributed by atoms with E-state index in [1.165, 1.54) is 23.7 Å². The highest BCUT2D eigenvalue weighted by Gasteiger charge is 2.11. The minimum absolute atomic E-state index is 0.230. The van der Waals surface area contributed by atoms with E-state index in [1.54, 1.807) is 16.1 Å². The van der Waals surface area contributed by atoms with Crippen molar-refractivity contribution < 1.29 is 9.13 Å². The largest absolute Gasteiger partial charge is 0.457 e. The summed E-state index contributed by atoms with van der Waals surface area (Å²) in [7, 11) is 0. The Morgan fingerprint density at radius 1 is 0.875 bits per heavy atom. The first-order chi connectivity index (χ1) is 11.7. The van der Waals surface area contributed by atoms with Gasteiger partial charge in [0, 0.05) is 6.07 Å². The van der Waals surface area contributed by atoms with E-state index in [0.717, 1.165) is 10.4 Å². The van der Waals surface area contributed by atoms with Gasteiger partial charge in [0.25, 0.3) is 5.56 Å². The predicted molar refractivity (Wildman–Crippen MR) is 93.9 cm³/mol. The lowest BCUT2D eigenvalue weighted by atomic mass is 10.2. The highest BCUT2D eigenvalue weighted by atomic mass is 32.1. The first-order valence-electron chi connectivity index (χ1n) is 7.36. The molecule has 24 heavy (non-hydrogen) atoms. The Balaban J connectivity index is 1.76. The van der Waals surface area contributed by atoms with E-state index < -0.39 is 5.82 Å². The normalized spacial score (nSPS) is 10.9. The average molecular weight is 337 g/mol. The molecule has 0 aliphatic rings. The number of hydrogen-bond acceptors (Lipinski definition) is 3. The molecule has 0 spiro atoms. The van der Waals surface area contributed by atoms with Crippen LogP contribution in [0.2, 0.25) is 0 Å². The van der Waals surface area contributed by atoms with Crippen molar-refractivity contribution in [2.75, 3.05) is 0 Å². The summed E-state index contributed by atoms with van der Waals surface area (Å²) < 4.78 is 21.5. The van der Waals surface area contributed by atoms with Crippen molar-refractivity contribution in [1.29, 1.82) is 0 Å². The van der Waals surface area contributed by atoms with Crippen LogP contribution in [0, 0.1) is 5.82 Å². The van der Waals surface area contributed by atoms with Gasteiger partial charge in [-0.2, -0.15) is 0 Å². The van der Waals surface area contributed by atoms with Crippen molar-refractivity contribution in [2.45, 2.75) is 0 Å². The van der Waals surface area contributed by atoms with Gasteiger partial charge in [-0.05, 0) is 42.5 Å². The second-order valence-corrected chi connectivity index (χ2v) is 6.23. The summed E-state index contributed by atoms with van der Waals surface area (Å²) >= 11 is 1.28. The molecule has 1 heterocycles. The molecule has 3 nitrogen and oxygen atoms in total. The number of benzene rings is 3. The quantitative estimate of drug-likeness (QED) is 0.528. The van der Waals surface area contributed by atoms with Gasteiger partial charge >= 0.3 is 0 Å². The van der Waals surface area contributed by atoms with E-state index in [-0.39, 0.29) is 5.56 Å². The molecule has 118 valence electrons. The van der Waals surface area contributed by atoms with Crippen LogP contribution in [-0.4, -0.2) is 3.96 Å². The molecular weight excluding hydrogens is 325 g/mol. The number of para-hydroxylation sites is 1. The Hall–Kier alpha value is -2.92. The van der Waals surface area contributed by atoms with Crippen molar-refractivity contribution in [2.24, 2.45) is 0 Å². The molecule has 0 radical (unpaired) electrons. The molecule has 0 amide bonds. The van der Waals surface area contributed by atoms with E-state index in [0.29, 0.717) is 16.8 Å². The molecule has 0 saturated heterocycles. The number of hydrogen-bond donors (Lipinski definition) is 0. The van der Waals surface area contributed by atoms with Gasteiger partial charge in [0.15, 0.2) is 0 Å². The second kappa shape index (κ2) is 5.94. The van der Waals surface area contributed by atoms with Gasteiger partial charge in [0.2, 0.25) is 0 Å². The molecule has 4 rings (SSSR count). The van der Waals surface area contributed by atoms with Crippen LogP contribution in [0.4, 0.5) is 4.39 Å². The Bertz CT molecular complexity index is 1070. The van der Waals surface area contributed by atoms with Crippen LogP contribution in [0.25, 0.3) is 15.8 Å². The molecule has 0 bridgehead atoms. The molecule has 0 aliphatic heterocycles. The molecule has 1 aromatic heterocycles. The Kier molecular flexibility index (Phi) is 3.63. The molecular formula is C19H12FNO2S. The molecule has 0 aliphatic carbocycles. The Morgan fingerprint density at radius 2 is 1.67 bits per heavy atom. The van der Waals surface area contributed by atoms with Crippen molar-refractivity contribution in [3.8, 4) is 17.2 Å². The van der Waals surface area contributed by atoms with Crippen LogP contribution >= 0.6 is 11.5 Å². The maximum absolute atomic E-state index is 13.4. The molecule has 4 aromatic rings. The summed E-state index contributed by atoms with van der Waals surface area (Å²) in [5, 5.41) is 0.384. The summed E-state index contributed by atoms with van der Waals surface area (Å²) in [5.74, 6) is 0.945. The Morgan fingerprint density at radius 3 is 2.50 bits per heavy atom. The molecule has 0 atom stereocenters. The van der Waals surface area contributed by atoms with E-state index in [2.05, 4.69) is 0 Å². The lowest BCUT2D eigenvalue weighted by Crippen LogP contribution is -2.10. The zero-order valence-electron chi connectivity index (χ0n) is 12.5. The number of ether oxygens (including phenoxy) is 1. The number of rotatable bonds is 3. The topological polar surface area (TPSA) is 31.2 Å². The summed E-state index contributed by atoms with van der Waals surface area (Å²) in [6.07, 6.45) is 0. The minimum Gasteiger partial charge on any atom is -0.457 e. The number of nitrogens with zero attached hydrogens (tertiary/aromatic N) is 1. The Labute approximate surface area is 141 Å². The summed E-state index contributed by atoms with van der Waals surface area (Å²) in [6.45, 7) is 0. The third kappa shape index (κ3) is 2.70. The maximum atomic E-state index is 13.4. The smallest absolute Gasteiger partial charge is 0.273 e. The standard InChI is InChI=1S/C19H12FNO2S/c20-13-9-10-18-17(11-13)19(22)21(24-18)14-5-4-8-16(12-14)23-15-6-2-1-3-7-15/h1-12H. The van der Waals surface area contributed by atoms with Crippen molar-refractivity contribution >= 4 is 21.6 Å². The third-order valence-electron chi connectivity index (χ3n) is 3.58. The number of halogens is 1. The van der Waals surface area contributed by atoms with Crippen LogP contribution in [0.5, 0.6) is 11.5 Å². The number of fused-ring (bicyclic) bond motifs is 1. The molecule has 0 unspecified atom stereocenters. The predicted octanol–water partition coefficient (Wildman–Crippen LogP) is 4.98. The molecule has 0 N–H and O–H groups in total. The lowest BCUT2D eigenvalue weighted by molar-refractivity contribution is 0.482. The van der Waals surface area contributed by atoms with Crippen LogP contribution in [0.1, 0.15) is 0 Å². The van der Waals surface area contributed by atoms with E-state index >= 15 is 0 Å². The van der Waals surface area contributed by atoms with E-state index in [1.807, 2.05) is 48.5 Å². The van der Waals surface area contributed by atoms with Gasteiger partial charge in [-0.25, -0.2) is 8.35 Å². The fourth-order valence-electron chi connectivity index (χ4n) is 2.47. The van der Waals surface area contributed by atoms with Gasteiger partial charge < -0.3 is 4.74 Å². The summed E-state index contributed by atoms with van der Waals surface area (Å²) in [5.41, 5.74) is 0.460. The zero-order chi connectivity index (χ0) is 16.5. The third-order valence-corrected chi connectivity index (χ3v) is 4.69. The zero-order valence-corrected chi connectivity index (χ0v) is 13.3. The molecule has 0 saturated carbocycles. The summed E-state index contributed by atoms with van der Waals surface area (Å²) in [6, 6.07) is 20.9. The lowest BCUT2D eigenvalue weighted by Gasteiger charge is -2.07. The number of aromatic nitrogens is 1. The monoisotopic (exact) mass is 337 g/mol. The van der Waals surface area contributed by atoms with Crippen LogP contribution in [-0.2, 0) is 0 Å². The van der Waals surface area contributed by atoms with E-state index in [9.17, 15) is 9.18 Å². The molecule has 0 fully saturated rings. The minimum atomic E-state index is -0.411. The summed E-state index contributed by atoms with van der Waals surface area (Å²) in [4.78, 5) is 12.5. The fraction of sp³-hybridized carbons (Fsp3) is 0. The van der Waals surface area contributed by atoms with Crippen LogP contribution in [0.3, 0.4) is 0 Å². The average Bonchev–Trinajstić information content (AvgIpc) is 2.93. The van der Waals surface area contributed by atoms with Crippen molar-refractivity contribution in [3.63, 3.8) is 0 Å². The highest BCUT2D eigenvalue weighted by Crippen LogP contribution is 2.26. The first kappa shape index (κ1) is 14.7. The molecule has 3 aromatic carbocycles. The van der Waals surface area contributed by atoms with Crippen molar-refractivity contribution in [1.82, 2.24) is 3.96 Å². The van der Waals surface area contributed by atoms with Gasteiger partial charge in [-0.1, -0.05) is 35.8 Å². The van der Waals surface area contributed by atoms with Gasteiger partial charge in [-0.15, -0.1) is 0 Å². The maximum Gasteiger partial charge on any atom is 0.273 e. The van der Waals surface area contributed by atoms with Crippen LogP contribution < -0.4 is 10.3 Å². The van der Waals surface area contributed by atoms with Gasteiger partial charge in [-0.3, -0.25) is 4.79 Å². The fourth-order valence-corrected chi connectivity index (χ4v) is 3.44. The SMILES string of the molecule is O=c1c2cc(F)ccc2sn1-c1cccc(Oc2ccccc2)c1. The van der Waals surface area contributed by atoms with Crippen molar-refractivity contribution in [3.05, 3.63) is 89.0 Å².